The lowest BCUT2D eigenvalue weighted by Gasteiger charge is -2.37. The number of nitrogens with zero attached hydrogens (tertiary/aromatic N) is 2. The standard InChI is InChI=1S/C21H21F3N2O2/c1-3-5-15(4-2)20(8-6-17(27)11-20)19(28)26-9-7-18-14(13-26)10-16(12-25-18)21(22,23)24/h3-5,10,12H,1-2,6-9,11,13H2/b15-5+. The lowest BCUT2D eigenvalue weighted by Crippen LogP contribution is -2.46. The smallest absolute Gasteiger partial charge is 0.337 e. The molecule has 0 radical (unpaired) electrons. The summed E-state index contributed by atoms with van der Waals surface area (Å²) in [5.74, 6) is -0.266. The molecule has 1 aromatic heterocycles. The zero-order chi connectivity index (χ0) is 20.5. The predicted octanol–water partition coefficient (Wildman–Crippen LogP) is 4.02. The van der Waals surface area contributed by atoms with Crippen LogP contribution in [0, 0.1) is 5.41 Å². The van der Waals surface area contributed by atoms with E-state index in [0.29, 0.717) is 36.2 Å². The highest BCUT2D eigenvalue weighted by atomic mass is 19.4. The molecule has 0 spiro atoms. The van der Waals surface area contributed by atoms with Crippen LogP contribution in [0.1, 0.15) is 36.1 Å². The number of carbonyl (C=O) groups excluding carboxylic acids is 2. The molecule has 148 valence electrons. The van der Waals surface area contributed by atoms with Crippen molar-refractivity contribution >= 4 is 11.7 Å². The summed E-state index contributed by atoms with van der Waals surface area (Å²) in [6.45, 7) is 7.81. The van der Waals surface area contributed by atoms with Crippen molar-refractivity contribution < 1.29 is 22.8 Å². The van der Waals surface area contributed by atoms with Gasteiger partial charge >= 0.3 is 6.18 Å². The number of alkyl halides is 3. The highest BCUT2D eigenvalue weighted by Crippen LogP contribution is 2.45. The molecule has 3 rings (SSSR count). The first kappa shape index (κ1) is 20.0. The van der Waals surface area contributed by atoms with Crippen LogP contribution in [0.2, 0.25) is 0 Å². The Balaban J connectivity index is 1.94. The topological polar surface area (TPSA) is 50.3 Å². The van der Waals surface area contributed by atoms with E-state index in [-0.39, 0.29) is 31.1 Å². The number of hydrogen-bond acceptors (Lipinski definition) is 3. The van der Waals surface area contributed by atoms with E-state index in [9.17, 15) is 22.8 Å². The lowest BCUT2D eigenvalue weighted by atomic mass is 9.76. The molecule has 0 N–H and O–H groups in total. The molecular weight excluding hydrogens is 369 g/mol. The number of rotatable bonds is 4. The van der Waals surface area contributed by atoms with Crippen LogP contribution < -0.4 is 0 Å². The van der Waals surface area contributed by atoms with Gasteiger partial charge in [-0.05, 0) is 23.6 Å². The number of hydrogen-bond donors (Lipinski definition) is 0. The number of aromatic nitrogens is 1. The molecule has 2 aliphatic rings. The van der Waals surface area contributed by atoms with E-state index >= 15 is 0 Å². The lowest BCUT2D eigenvalue weighted by molar-refractivity contribution is -0.141. The van der Waals surface area contributed by atoms with Crippen LogP contribution >= 0.6 is 0 Å². The summed E-state index contributed by atoms with van der Waals surface area (Å²) < 4.78 is 39.0. The maximum Gasteiger partial charge on any atom is 0.417 e. The fraction of sp³-hybridized carbons (Fsp3) is 0.381. The Morgan fingerprint density at radius 2 is 2.04 bits per heavy atom. The van der Waals surface area contributed by atoms with Gasteiger partial charge in [0.25, 0.3) is 0 Å². The van der Waals surface area contributed by atoms with Crippen LogP contribution in [0.3, 0.4) is 0 Å². The fourth-order valence-electron chi connectivity index (χ4n) is 4.03. The first-order chi connectivity index (χ1) is 13.2. The van der Waals surface area contributed by atoms with Crippen molar-refractivity contribution in [2.75, 3.05) is 6.54 Å². The Hall–Kier alpha value is -2.70. The van der Waals surface area contributed by atoms with Crippen molar-refractivity contribution in [2.45, 2.75) is 38.4 Å². The summed E-state index contributed by atoms with van der Waals surface area (Å²) in [4.78, 5) is 30.9. The number of pyridine rings is 1. The minimum Gasteiger partial charge on any atom is -0.337 e. The molecule has 1 aliphatic heterocycles. The zero-order valence-electron chi connectivity index (χ0n) is 15.4. The molecule has 0 bridgehead atoms. The van der Waals surface area contributed by atoms with Crippen LogP contribution in [0.5, 0.6) is 0 Å². The SMILES string of the molecule is C=C/C=C(\C=C)C1(C(=O)N2CCc3ncc(C(F)(F)F)cc3C2)CCC(=O)C1. The van der Waals surface area contributed by atoms with Gasteiger partial charge in [0.15, 0.2) is 0 Å². The van der Waals surface area contributed by atoms with Crippen LogP contribution in [0.4, 0.5) is 13.2 Å². The average Bonchev–Trinajstić information content (AvgIpc) is 3.06. The van der Waals surface area contributed by atoms with E-state index in [2.05, 4.69) is 18.1 Å². The number of amides is 1. The van der Waals surface area contributed by atoms with E-state index in [4.69, 9.17) is 0 Å². The Morgan fingerprint density at radius 1 is 1.29 bits per heavy atom. The number of Topliss-reactive ketones (excluding diaryl/α,β-unsaturated/α-hetero) is 1. The molecule has 1 aliphatic carbocycles. The molecule has 1 fully saturated rings. The van der Waals surface area contributed by atoms with E-state index in [1.54, 1.807) is 18.2 Å². The summed E-state index contributed by atoms with van der Waals surface area (Å²) in [7, 11) is 0. The van der Waals surface area contributed by atoms with Gasteiger partial charge in [-0.15, -0.1) is 0 Å². The zero-order valence-corrected chi connectivity index (χ0v) is 15.4. The molecule has 1 unspecified atom stereocenters. The third-order valence-electron chi connectivity index (χ3n) is 5.46. The van der Waals surface area contributed by atoms with Gasteiger partial charge in [0.05, 0.1) is 11.0 Å². The first-order valence-electron chi connectivity index (χ1n) is 9.03. The van der Waals surface area contributed by atoms with Crippen LogP contribution in [-0.2, 0) is 28.7 Å². The molecule has 2 heterocycles. The summed E-state index contributed by atoms with van der Waals surface area (Å²) in [6.07, 6.45) is 2.20. The van der Waals surface area contributed by atoms with Gasteiger partial charge in [-0.2, -0.15) is 13.2 Å². The Morgan fingerprint density at radius 3 is 2.61 bits per heavy atom. The second kappa shape index (κ2) is 7.37. The van der Waals surface area contributed by atoms with Gasteiger partial charge in [-0.1, -0.05) is 31.4 Å². The van der Waals surface area contributed by atoms with Crippen molar-refractivity contribution in [3.63, 3.8) is 0 Å². The maximum atomic E-state index is 13.4. The molecule has 1 atom stereocenters. The van der Waals surface area contributed by atoms with E-state index in [1.807, 2.05) is 0 Å². The summed E-state index contributed by atoms with van der Waals surface area (Å²) >= 11 is 0. The Bertz CT molecular complexity index is 873. The van der Waals surface area contributed by atoms with E-state index < -0.39 is 17.2 Å². The van der Waals surface area contributed by atoms with E-state index in [1.165, 1.54) is 4.90 Å². The molecular formula is C21H21F3N2O2. The first-order valence-corrected chi connectivity index (χ1v) is 9.03. The van der Waals surface area contributed by atoms with Crippen LogP contribution in [-0.4, -0.2) is 28.1 Å². The van der Waals surface area contributed by atoms with Crippen molar-refractivity contribution in [3.05, 3.63) is 66.0 Å². The van der Waals surface area contributed by atoms with Crippen molar-refractivity contribution in [1.82, 2.24) is 9.88 Å². The quantitative estimate of drug-likeness (QED) is 0.730. The van der Waals surface area contributed by atoms with Crippen LogP contribution in [0.15, 0.2) is 49.2 Å². The van der Waals surface area contributed by atoms with Gasteiger partial charge in [0.2, 0.25) is 5.91 Å². The van der Waals surface area contributed by atoms with Crippen molar-refractivity contribution in [1.29, 1.82) is 0 Å². The highest BCUT2D eigenvalue weighted by molar-refractivity contribution is 5.96. The maximum absolute atomic E-state index is 13.4. The largest absolute Gasteiger partial charge is 0.417 e. The van der Waals surface area contributed by atoms with Gasteiger partial charge in [-0.3, -0.25) is 14.6 Å². The third kappa shape index (κ3) is 3.53. The van der Waals surface area contributed by atoms with E-state index in [0.717, 1.165) is 12.3 Å². The number of fused-ring (bicyclic) bond motifs is 1. The van der Waals surface area contributed by atoms with Crippen LogP contribution in [0.25, 0.3) is 0 Å². The molecule has 4 nitrogen and oxygen atoms in total. The monoisotopic (exact) mass is 390 g/mol. The average molecular weight is 390 g/mol. The second-order valence-corrected chi connectivity index (χ2v) is 7.16. The number of allylic oxidation sites excluding steroid dienone is 3. The fourth-order valence-corrected chi connectivity index (χ4v) is 4.03. The van der Waals surface area contributed by atoms with Crippen molar-refractivity contribution in [3.8, 4) is 0 Å². The molecule has 0 aromatic carbocycles. The minimum absolute atomic E-state index is 0.0106. The number of carbonyl (C=O) groups is 2. The summed E-state index contributed by atoms with van der Waals surface area (Å²) in [6, 6.07) is 1.06. The van der Waals surface area contributed by atoms with Gasteiger partial charge < -0.3 is 4.90 Å². The summed E-state index contributed by atoms with van der Waals surface area (Å²) in [5.41, 5.74) is -0.281. The van der Waals surface area contributed by atoms with Gasteiger partial charge in [-0.25, -0.2) is 0 Å². The van der Waals surface area contributed by atoms with Gasteiger partial charge in [0.1, 0.15) is 5.78 Å². The predicted molar refractivity (Wildman–Crippen MR) is 98.1 cm³/mol. The number of halogens is 3. The summed E-state index contributed by atoms with van der Waals surface area (Å²) in [5, 5.41) is 0. The normalized spacial score (nSPS) is 22.8. The van der Waals surface area contributed by atoms with Crippen molar-refractivity contribution in [2.24, 2.45) is 5.41 Å². The Labute approximate surface area is 161 Å². The Kier molecular flexibility index (Phi) is 5.28. The molecule has 7 heteroatoms. The molecule has 1 saturated carbocycles. The molecule has 1 amide bonds. The molecule has 0 saturated heterocycles. The minimum atomic E-state index is -4.49. The molecule has 28 heavy (non-hydrogen) atoms. The second-order valence-electron chi connectivity index (χ2n) is 7.16. The van der Waals surface area contributed by atoms with Gasteiger partial charge in [0, 0.05) is 44.2 Å². The molecule has 1 aromatic rings. The third-order valence-corrected chi connectivity index (χ3v) is 5.46. The highest BCUT2D eigenvalue weighted by Gasteiger charge is 2.49. The number of ketones is 1.